The number of benzene rings is 1. The summed E-state index contributed by atoms with van der Waals surface area (Å²) in [6.45, 7) is -0.470. The lowest BCUT2D eigenvalue weighted by molar-refractivity contribution is -0.136. The van der Waals surface area contributed by atoms with E-state index in [1.165, 1.54) is 6.07 Å². The largest absolute Gasteiger partial charge is 0.390 e. The number of alkyl halides is 4. The van der Waals surface area contributed by atoms with E-state index >= 15 is 0 Å². The van der Waals surface area contributed by atoms with Gasteiger partial charge in [0.15, 0.2) is 0 Å². The first kappa shape index (κ1) is 13.9. The predicted octanol–water partition coefficient (Wildman–Crippen LogP) is 3.09. The van der Waals surface area contributed by atoms with Gasteiger partial charge in [0.25, 0.3) is 5.56 Å². The third-order valence-electron chi connectivity index (χ3n) is 2.68. The molecule has 1 aromatic carbocycles. The highest BCUT2D eigenvalue weighted by Gasteiger charge is 2.27. The number of para-hydroxylation sites is 1. The molecule has 2 aromatic rings. The second-order valence-corrected chi connectivity index (χ2v) is 4.27. The third kappa shape index (κ3) is 3.07. The minimum absolute atomic E-state index is 0.113. The van der Waals surface area contributed by atoms with Crippen molar-refractivity contribution in [1.29, 1.82) is 0 Å². The van der Waals surface area contributed by atoms with Crippen LogP contribution in [0.25, 0.3) is 10.9 Å². The van der Waals surface area contributed by atoms with Gasteiger partial charge in [-0.25, -0.2) is 4.98 Å². The second-order valence-electron chi connectivity index (χ2n) is 4.00. The van der Waals surface area contributed by atoms with Gasteiger partial charge < -0.3 is 0 Å². The van der Waals surface area contributed by atoms with Gasteiger partial charge in [-0.15, -0.1) is 11.6 Å². The lowest BCUT2D eigenvalue weighted by Crippen LogP contribution is -2.27. The van der Waals surface area contributed by atoms with E-state index in [2.05, 4.69) is 4.98 Å². The molecular formula is C12H10ClF3N2O. The highest BCUT2D eigenvalue weighted by Crippen LogP contribution is 2.20. The number of nitrogens with zero attached hydrogens (tertiary/aromatic N) is 2. The van der Waals surface area contributed by atoms with Crippen LogP contribution in [0, 0.1) is 0 Å². The maximum absolute atomic E-state index is 12.3. The quantitative estimate of drug-likeness (QED) is 0.814. The zero-order valence-corrected chi connectivity index (χ0v) is 10.5. The summed E-state index contributed by atoms with van der Waals surface area (Å²) in [6, 6.07) is 6.50. The number of rotatable bonds is 3. The Bertz CT molecular complexity index is 651. The van der Waals surface area contributed by atoms with E-state index in [1.807, 2.05) is 0 Å². The Balaban J connectivity index is 2.52. The molecule has 1 heterocycles. The molecule has 0 bridgehead atoms. The van der Waals surface area contributed by atoms with Crippen molar-refractivity contribution in [3.8, 4) is 0 Å². The highest BCUT2D eigenvalue weighted by molar-refractivity contribution is 6.16. The summed E-state index contributed by atoms with van der Waals surface area (Å²) in [5, 5.41) is 0.290. The molecule has 0 aliphatic rings. The van der Waals surface area contributed by atoms with Gasteiger partial charge in [0.1, 0.15) is 5.82 Å². The summed E-state index contributed by atoms with van der Waals surface area (Å²) in [7, 11) is 0. The standard InChI is InChI=1S/C12H10ClF3N2O/c13-7-10-17-9-4-2-1-3-8(9)11(19)18(10)6-5-12(14,15)16/h1-4H,5-7H2. The predicted molar refractivity (Wildman–Crippen MR) is 66.2 cm³/mol. The number of fused-ring (bicyclic) bond motifs is 1. The number of hydrogen-bond acceptors (Lipinski definition) is 2. The van der Waals surface area contributed by atoms with Crippen LogP contribution in [0.2, 0.25) is 0 Å². The molecular weight excluding hydrogens is 281 g/mol. The van der Waals surface area contributed by atoms with Crippen molar-refractivity contribution in [3.05, 3.63) is 40.4 Å². The van der Waals surface area contributed by atoms with Gasteiger partial charge in [-0.2, -0.15) is 13.2 Å². The average molecular weight is 291 g/mol. The SMILES string of the molecule is O=c1c2ccccc2nc(CCl)n1CCC(F)(F)F. The number of halogens is 4. The Morgan fingerprint density at radius 3 is 2.58 bits per heavy atom. The summed E-state index contributed by atoms with van der Waals surface area (Å²) in [5.74, 6) is 0.0346. The average Bonchev–Trinajstić information content (AvgIpc) is 2.36. The van der Waals surface area contributed by atoms with Gasteiger partial charge in [0, 0.05) is 6.54 Å². The first-order valence-electron chi connectivity index (χ1n) is 5.53. The molecule has 0 unspecified atom stereocenters. The maximum Gasteiger partial charge on any atom is 0.390 e. The van der Waals surface area contributed by atoms with E-state index in [4.69, 9.17) is 11.6 Å². The van der Waals surface area contributed by atoms with Gasteiger partial charge in [-0.3, -0.25) is 9.36 Å². The molecule has 0 amide bonds. The Morgan fingerprint density at radius 1 is 1.26 bits per heavy atom. The van der Waals surface area contributed by atoms with E-state index < -0.39 is 24.7 Å². The van der Waals surface area contributed by atoms with Crippen molar-refractivity contribution in [1.82, 2.24) is 9.55 Å². The van der Waals surface area contributed by atoms with Crippen LogP contribution in [0.15, 0.2) is 29.1 Å². The monoisotopic (exact) mass is 290 g/mol. The molecule has 0 N–H and O–H groups in total. The van der Waals surface area contributed by atoms with Crippen LogP contribution in [0.1, 0.15) is 12.2 Å². The Morgan fingerprint density at radius 2 is 1.95 bits per heavy atom. The third-order valence-corrected chi connectivity index (χ3v) is 2.92. The van der Waals surface area contributed by atoms with Crippen molar-refractivity contribution in [2.75, 3.05) is 0 Å². The van der Waals surface area contributed by atoms with Gasteiger partial charge >= 0.3 is 6.18 Å². The van der Waals surface area contributed by atoms with Crippen LogP contribution < -0.4 is 5.56 Å². The Hall–Kier alpha value is -1.56. The minimum Gasteiger partial charge on any atom is -0.295 e. The highest BCUT2D eigenvalue weighted by atomic mass is 35.5. The molecule has 0 spiro atoms. The van der Waals surface area contributed by atoms with Crippen LogP contribution in [0.3, 0.4) is 0 Å². The fraction of sp³-hybridized carbons (Fsp3) is 0.333. The van der Waals surface area contributed by atoms with E-state index in [9.17, 15) is 18.0 Å². The van der Waals surface area contributed by atoms with Crippen molar-refractivity contribution < 1.29 is 13.2 Å². The van der Waals surface area contributed by atoms with Gasteiger partial charge in [-0.1, -0.05) is 12.1 Å². The van der Waals surface area contributed by atoms with Crippen molar-refractivity contribution in [3.63, 3.8) is 0 Å². The zero-order valence-electron chi connectivity index (χ0n) is 9.75. The number of hydrogen-bond donors (Lipinski definition) is 0. The Kier molecular flexibility index (Phi) is 3.80. The lowest BCUT2D eigenvalue weighted by Gasteiger charge is -2.13. The normalized spacial score (nSPS) is 12.0. The van der Waals surface area contributed by atoms with Crippen LogP contribution >= 0.6 is 11.6 Å². The molecule has 0 saturated heterocycles. The topological polar surface area (TPSA) is 34.9 Å². The van der Waals surface area contributed by atoms with E-state index in [-0.39, 0.29) is 11.7 Å². The maximum atomic E-state index is 12.3. The second kappa shape index (κ2) is 5.21. The molecule has 19 heavy (non-hydrogen) atoms. The summed E-state index contributed by atoms with van der Waals surface area (Å²) in [6.07, 6.45) is -5.41. The molecule has 7 heteroatoms. The molecule has 3 nitrogen and oxygen atoms in total. The van der Waals surface area contributed by atoms with Crippen molar-refractivity contribution >= 4 is 22.5 Å². The molecule has 0 fully saturated rings. The van der Waals surface area contributed by atoms with E-state index in [0.717, 1.165) is 4.57 Å². The van der Waals surface area contributed by atoms with Gasteiger partial charge in [0.2, 0.25) is 0 Å². The van der Waals surface area contributed by atoms with Crippen LogP contribution in [0.5, 0.6) is 0 Å². The molecule has 2 rings (SSSR count). The van der Waals surface area contributed by atoms with Crippen LogP contribution in [-0.4, -0.2) is 15.7 Å². The molecule has 0 saturated carbocycles. The summed E-state index contributed by atoms with van der Waals surface area (Å²) < 4.78 is 37.8. The first-order chi connectivity index (χ1) is 8.92. The summed E-state index contributed by atoms with van der Waals surface area (Å²) in [4.78, 5) is 16.2. The molecule has 0 radical (unpaired) electrons. The minimum atomic E-state index is -4.32. The molecule has 0 aliphatic carbocycles. The van der Waals surface area contributed by atoms with Crippen molar-refractivity contribution in [2.24, 2.45) is 0 Å². The van der Waals surface area contributed by atoms with E-state index in [1.54, 1.807) is 18.2 Å². The lowest BCUT2D eigenvalue weighted by atomic mass is 10.2. The van der Waals surface area contributed by atoms with Crippen LogP contribution in [-0.2, 0) is 12.4 Å². The van der Waals surface area contributed by atoms with Gasteiger partial charge in [-0.05, 0) is 12.1 Å². The molecule has 0 atom stereocenters. The molecule has 0 aliphatic heterocycles. The summed E-state index contributed by atoms with van der Waals surface area (Å²) >= 11 is 5.65. The van der Waals surface area contributed by atoms with Crippen molar-refractivity contribution in [2.45, 2.75) is 25.0 Å². The summed E-state index contributed by atoms with van der Waals surface area (Å²) in [5.41, 5.74) is -0.0584. The first-order valence-corrected chi connectivity index (χ1v) is 6.07. The van der Waals surface area contributed by atoms with E-state index in [0.29, 0.717) is 10.9 Å². The number of aromatic nitrogens is 2. The Labute approximate surface area is 111 Å². The molecule has 102 valence electrons. The molecule has 1 aromatic heterocycles. The fourth-order valence-corrected chi connectivity index (χ4v) is 1.99. The van der Waals surface area contributed by atoms with Crippen LogP contribution in [0.4, 0.5) is 13.2 Å². The smallest absolute Gasteiger partial charge is 0.295 e. The zero-order chi connectivity index (χ0) is 14.0. The van der Waals surface area contributed by atoms with Gasteiger partial charge in [0.05, 0.1) is 23.2 Å². The fourth-order valence-electron chi connectivity index (χ4n) is 1.79.